The third kappa shape index (κ3) is 6.02. The molecule has 0 aliphatic heterocycles. The van der Waals surface area contributed by atoms with E-state index in [1.54, 1.807) is 0 Å². The molecule has 9 heavy (non-hydrogen) atoms. The first-order valence-corrected chi connectivity index (χ1v) is 4.78. The zero-order valence-corrected chi connectivity index (χ0v) is 8.39. The van der Waals surface area contributed by atoms with Gasteiger partial charge in [0.05, 0.1) is 0 Å². The molecule has 2 N–H and O–H groups in total. The van der Waals surface area contributed by atoms with Crippen LogP contribution in [0.15, 0.2) is 0 Å². The fourth-order valence-corrected chi connectivity index (χ4v) is 1.21. The molecule has 1 unspecified atom stereocenters. The Bertz CT molecular complexity index is 61.0. The van der Waals surface area contributed by atoms with Gasteiger partial charge in [0.15, 0.2) is 0 Å². The Hall–Kier alpha value is 0.137. The van der Waals surface area contributed by atoms with Gasteiger partial charge in [-0.2, -0.15) is 0 Å². The summed E-state index contributed by atoms with van der Waals surface area (Å²) in [6, 6.07) is 0. The highest BCUT2D eigenvalue weighted by Crippen LogP contribution is 1.91. The topological polar surface area (TPSA) is 35.2 Å². The van der Waals surface area contributed by atoms with Crippen molar-refractivity contribution in [1.82, 2.24) is 0 Å². The molecule has 0 saturated carbocycles. The van der Waals surface area contributed by atoms with Crippen molar-refractivity contribution < 1.29 is 4.74 Å². The van der Waals surface area contributed by atoms with Crippen LogP contribution in [-0.2, 0) is 4.74 Å². The molecule has 56 valence electrons. The lowest BCUT2D eigenvalue weighted by Gasteiger charge is -2.09. The van der Waals surface area contributed by atoms with E-state index in [1.165, 1.54) is 0 Å². The van der Waals surface area contributed by atoms with Crippen LogP contribution in [0.2, 0.25) is 0 Å². The molecule has 0 aliphatic rings. The Morgan fingerprint density at radius 1 is 1.67 bits per heavy atom. The number of hydrogen-bond acceptors (Lipinski definition) is 2. The van der Waals surface area contributed by atoms with Crippen molar-refractivity contribution in [3.05, 3.63) is 0 Å². The molecule has 0 heterocycles. The summed E-state index contributed by atoms with van der Waals surface area (Å²) in [6.07, 6.45) is 2.15. The van der Waals surface area contributed by atoms with Crippen LogP contribution in [0.25, 0.3) is 0 Å². The van der Waals surface area contributed by atoms with Crippen LogP contribution in [0.4, 0.5) is 0 Å². The molecule has 3 heteroatoms. The van der Waals surface area contributed by atoms with E-state index in [-0.39, 0.29) is 0 Å². The van der Waals surface area contributed by atoms with Crippen LogP contribution in [0, 0.1) is 0 Å². The molecule has 0 rings (SSSR count). The Morgan fingerprint density at radius 2 is 2.33 bits per heavy atom. The lowest BCUT2D eigenvalue weighted by Crippen LogP contribution is -2.17. The van der Waals surface area contributed by atoms with Crippen molar-refractivity contribution in [2.45, 2.75) is 25.5 Å². The molecule has 0 amide bonds. The lowest BCUT2D eigenvalue weighted by atomic mass is 10.4. The first kappa shape index (κ1) is 9.14. The second-order valence-corrected chi connectivity index (χ2v) is 3.55. The van der Waals surface area contributed by atoms with Gasteiger partial charge in [0.25, 0.3) is 0 Å². The summed E-state index contributed by atoms with van der Waals surface area (Å²) in [4.78, 5) is 0. The van der Waals surface area contributed by atoms with Crippen molar-refractivity contribution in [2.24, 2.45) is 5.73 Å². The van der Waals surface area contributed by atoms with Crippen molar-refractivity contribution in [3.63, 3.8) is 0 Å². The molecule has 1 atom stereocenters. The molecule has 2 nitrogen and oxygen atoms in total. The van der Waals surface area contributed by atoms with Crippen LogP contribution < -0.4 is 5.73 Å². The Balaban J connectivity index is 2.95. The van der Waals surface area contributed by atoms with Gasteiger partial charge in [-0.05, 0) is 19.4 Å². The molecule has 0 aromatic heterocycles. The SMILES string of the molecule is CCCOC([SiH3])CCN. The van der Waals surface area contributed by atoms with Crippen LogP contribution in [-0.4, -0.2) is 29.1 Å². The Labute approximate surface area is 60.2 Å². The second-order valence-electron chi connectivity index (χ2n) is 2.26. The number of nitrogens with two attached hydrogens (primary N) is 1. The molecular weight excluding hydrogens is 130 g/mol. The van der Waals surface area contributed by atoms with Gasteiger partial charge in [0.2, 0.25) is 0 Å². The Morgan fingerprint density at radius 3 is 2.78 bits per heavy atom. The van der Waals surface area contributed by atoms with Gasteiger partial charge in [-0.3, -0.25) is 0 Å². The van der Waals surface area contributed by atoms with Crippen molar-refractivity contribution in [3.8, 4) is 0 Å². The highest BCUT2D eigenvalue weighted by Gasteiger charge is 1.97. The van der Waals surface area contributed by atoms with E-state index in [1.807, 2.05) is 0 Å². The van der Waals surface area contributed by atoms with Crippen molar-refractivity contribution >= 4 is 10.2 Å². The predicted molar refractivity (Wildman–Crippen MR) is 43.6 cm³/mol. The van der Waals surface area contributed by atoms with Gasteiger partial charge in [-0.25, -0.2) is 0 Å². The summed E-state index contributed by atoms with van der Waals surface area (Å²) >= 11 is 0. The van der Waals surface area contributed by atoms with E-state index in [0.717, 1.165) is 36.2 Å². The monoisotopic (exact) mass is 147 g/mol. The maximum atomic E-state index is 5.41. The molecule has 0 radical (unpaired) electrons. The molecule has 0 spiro atoms. The molecule has 0 fully saturated rings. The van der Waals surface area contributed by atoms with Crippen LogP contribution in [0.5, 0.6) is 0 Å². The van der Waals surface area contributed by atoms with Gasteiger partial charge in [0.1, 0.15) is 0 Å². The first-order chi connectivity index (χ1) is 4.31. The standard InChI is InChI=1S/C6H17NOSi/c1-2-5-8-6(9)3-4-7/h6H,2-5,7H2,1,9H3. The fourth-order valence-electron chi connectivity index (χ4n) is 0.637. The number of ether oxygens (including phenoxy) is 1. The summed E-state index contributed by atoms with van der Waals surface area (Å²) < 4.78 is 5.41. The maximum Gasteiger partial charge on any atom is 0.0462 e. The van der Waals surface area contributed by atoms with Gasteiger partial charge >= 0.3 is 0 Å². The number of rotatable bonds is 5. The van der Waals surface area contributed by atoms with Gasteiger partial charge in [0, 0.05) is 22.6 Å². The third-order valence-electron chi connectivity index (χ3n) is 1.18. The minimum Gasteiger partial charge on any atom is -0.383 e. The van der Waals surface area contributed by atoms with Gasteiger partial charge < -0.3 is 10.5 Å². The largest absolute Gasteiger partial charge is 0.383 e. The molecule has 0 bridgehead atoms. The summed E-state index contributed by atoms with van der Waals surface area (Å²) in [5, 5.41) is 0. The minimum absolute atomic E-state index is 0.481. The first-order valence-electron chi connectivity index (χ1n) is 3.63. The summed E-state index contributed by atoms with van der Waals surface area (Å²) in [7, 11) is 1.11. The van der Waals surface area contributed by atoms with Gasteiger partial charge in [-0.1, -0.05) is 6.92 Å². The average molecular weight is 147 g/mol. The zero-order valence-electron chi connectivity index (χ0n) is 6.39. The van der Waals surface area contributed by atoms with Crippen LogP contribution >= 0.6 is 0 Å². The van der Waals surface area contributed by atoms with Gasteiger partial charge in [-0.15, -0.1) is 0 Å². The smallest absolute Gasteiger partial charge is 0.0462 e. The third-order valence-corrected chi connectivity index (χ3v) is 2.09. The lowest BCUT2D eigenvalue weighted by molar-refractivity contribution is 0.103. The van der Waals surface area contributed by atoms with E-state index < -0.39 is 0 Å². The van der Waals surface area contributed by atoms with E-state index >= 15 is 0 Å². The van der Waals surface area contributed by atoms with E-state index in [0.29, 0.717) is 5.73 Å². The Kier molecular flexibility index (Phi) is 6.35. The fraction of sp³-hybridized carbons (Fsp3) is 1.00. The average Bonchev–Trinajstić information content (AvgIpc) is 1.85. The maximum absolute atomic E-state index is 5.41. The quantitative estimate of drug-likeness (QED) is 0.530. The van der Waals surface area contributed by atoms with Crippen LogP contribution in [0.3, 0.4) is 0 Å². The van der Waals surface area contributed by atoms with Crippen molar-refractivity contribution in [2.75, 3.05) is 13.2 Å². The highest BCUT2D eigenvalue weighted by atomic mass is 28.1. The van der Waals surface area contributed by atoms with E-state index in [9.17, 15) is 0 Å². The molecule has 0 aliphatic carbocycles. The summed E-state index contributed by atoms with van der Waals surface area (Å²) in [6.45, 7) is 3.78. The summed E-state index contributed by atoms with van der Waals surface area (Å²) in [5.41, 5.74) is 5.82. The predicted octanol–water partition coefficient (Wildman–Crippen LogP) is -0.547. The highest BCUT2D eigenvalue weighted by molar-refractivity contribution is 6.10. The normalized spacial score (nSPS) is 14.0. The van der Waals surface area contributed by atoms with Crippen molar-refractivity contribution in [1.29, 1.82) is 0 Å². The minimum atomic E-state index is 0.481. The number of hydrogen-bond donors (Lipinski definition) is 1. The molecular formula is C6H17NOSi. The molecule has 0 saturated heterocycles. The van der Waals surface area contributed by atoms with E-state index in [4.69, 9.17) is 10.5 Å². The summed E-state index contributed by atoms with van der Waals surface area (Å²) in [5.74, 6) is 0. The van der Waals surface area contributed by atoms with E-state index in [2.05, 4.69) is 6.92 Å². The molecule has 0 aromatic rings. The molecule has 0 aromatic carbocycles. The zero-order chi connectivity index (χ0) is 7.11. The second kappa shape index (κ2) is 6.26. The van der Waals surface area contributed by atoms with Crippen LogP contribution in [0.1, 0.15) is 19.8 Å².